The summed E-state index contributed by atoms with van der Waals surface area (Å²) < 4.78 is 35.5. The smallest absolute Gasteiger partial charge is 0.299 e. The molecule has 0 fully saturated rings. The number of ether oxygens (including phenoxy) is 1. The van der Waals surface area contributed by atoms with E-state index in [4.69, 9.17) is 9.84 Å². The molecule has 0 atom stereocenters. The van der Waals surface area contributed by atoms with Crippen LogP contribution < -0.4 is 9.44 Å². The van der Waals surface area contributed by atoms with Crippen molar-refractivity contribution in [2.45, 2.75) is 20.3 Å². The van der Waals surface area contributed by atoms with Crippen LogP contribution in [0.25, 0.3) is 5.57 Å². The summed E-state index contributed by atoms with van der Waals surface area (Å²) in [5, 5.41) is 9.04. The molecule has 0 spiro atoms. The fourth-order valence-corrected chi connectivity index (χ4v) is 3.20. The van der Waals surface area contributed by atoms with Crippen LogP contribution in [-0.2, 0) is 14.9 Å². The minimum absolute atomic E-state index is 0.0147. The normalized spacial score (nSPS) is 12.8. The molecule has 0 aromatic heterocycles. The van der Waals surface area contributed by atoms with E-state index in [1.165, 1.54) is 6.21 Å². The highest BCUT2D eigenvalue weighted by Crippen LogP contribution is 2.27. The van der Waals surface area contributed by atoms with Crippen LogP contribution in [0.5, 0.6) is 0 Å². The van der Waals surface area contributed by atoms with Gasteiger partial charge in [0.1, 0.15) is 6.61 Å². The van der Waals surface area contributed by atoms with E-state index in [-0.39, 0.29) is 24.8 Å². The third kappa shape index (κ3) is 7.28. The second-order valence-electron chi connectivity index (χ2n) is 5.12. The summed E-state index contributed by atoms with van der Waals surface area (Å²) in [4.78, 5) is 4.17. The maximum atomic E-state index is 12.2. The summed E-state index contributed by atoms with van der Waals surface area (Å²) in [6, 6.07) is 7.19. The van der Waals surface area contributed by atoms with Crippen LogP contribution in [-0.4, -0.2) is 39.5 Å². The first-order valence-electron chi connectivity index (χ1n) is 8.03. The van der Waals surface area contributed by atoms with Gasteiger partial charge in [0.2, 0.25) is 5.88 Å². The van der Waals surface area contributed by atoms with Gasteiger partial charge in [-0.1, -0.05) is 41.6 Å². The molecule has 0 aliphatic heterocycles. The van der Waals surface area contributed by atoms with E-state index in [0.29, 0.717) is 24.1 Å². The number of aliphatic imine (C=N–C) groups is 1. The Morgan fingerprint density at radius 1 is 1.38 bits per heavy atom. The molecule has 144 valence electrons. The first-order chi connectivity index (χ1) is 12.3. The molecule has 0 aliphatic rings. The van der Waals surface area contributed by atoms with Gasteiger partial charge < -0.3 is 9.84 Å². The molecule has 1 aromatic carbocycles. The molecule has 0 heterocycles. The Labute approximate surface area is 163 Å². The van der Waals surface area contributed by atoms with Gasteiger partial charge in [0.05, 0.1) is 17.9 Å². The quantitative estimate of drug-likeness (QED) is 0.276. The van der Waals surface area contributed by atoms with E-state index in [9.17, 15) is 8.42 Å². The lowest BCUT2D eigenvalue weighted by molar-refractivity contribution is 0.145. The number of aliphatic hydroxyl groups excluding tert-OH is 1. The highest BCUT2D eigenvalue weighted by Gasteiger charge is 2.19. The van der Waals surface area contributed by atoms with Gasteiger partial charge in [0.25, 0.3) is 10.2 Å². The molecule has 1 rings (SSSR count). The van der Waals surface area contributed by atoms with Crippen LogP contribution in [0.4, 0.5) is 0 Å². The Morgan fingerprint density at radius 3 is 2.58 bits per heavy atom. The van der Waals surface area contributed by atoms with E-state index in [0.717, 1.165) is 4.47 Å². The van der Waals surface area contributed by atoms with Crippen LogP contribution >= 0.6 is 15.9 Å². The van der Waals surface area contributed by atoms with Gasteiger partial charge in [-0.15, -0.1) is 0 Å². The van der Waals surface area contributed by atoms with E-state index in [1.807, 2.05) is 19.1 Å². The van der Waals surface area contributed by atoms with Crippen LogP contribution in [0, 0.1) is 0 Å². The molecule has 9 heteroatoms. The van der Waals surface area contributed by atoms with Gasteiger partial charge in [0, 0.05) is 17.2 Å². The minimum Gasteiger partial charge on any atom is -0.475 e. The summed E-state index contributed by atoms with van der Waals surface area (Å²) in [5.41, 5.74) is 1.15. The molecule has 0 bridgehead atoms. The largest absolute Gasteiger partial charge is 0.475 e. The van der Waals surface area contributed by atoms with E-state index in [1.54, 1.807) is 19.1 Å². The number of halogens is 1. The molecule has 7 nitrogen and oxygen atoms in total. The molecule has 0 amide bonds. The lowest BCUT2D eigenvalue weighted by Gasteiger charge is -2.17. The van der Waals surface area contributed by atoms with Gasteiger partial charge in [-0.2, -0.15) is 13.1 Å². The van der Waals surface area contributed by atoms with Crippen LogP contribution in [0.3, 0.4) is 0 Å². The first-order valence-corrected chi connectivity index (χ1v) is 10.3. The maximum Gasteiger partial charge on any atom is 0.299 e. The van der Waals surface area contributed by atoms with Crippen molar-refractivity contribution in [3.8, 4) is 0 Å². The summed E-state index contributed by atoms with van der Waals surface area (Å²) in [6.45, 7) is 7.53. The Bertz CT molecular complexity index is 759. The highest BCUT2D eigenvalue weighted by molar-refractivity contribution is 9.10. The molecule has 0 unspecified atom stereocenters. The van der Waals surface area contributed by atoms with Crippen molar-refractivity contribution in [2.75, 3.05) is 19.8 Å². The highest BCUT2D eigenvalue weighted by atomic mass is 79.9. The first kappa shape index (κ1) is 22.4. The van der Waals surface area contributed by atoms with E-state index < -0.39 is 10.2 Å². The van der Waals surface area contributed by atoms with Crippen molar-refractivity contribution in [3.63, 3.8) is 0 Å². The minimum atomic E-state index is -3.77. The maximum absolute atomic E-state index is 12.2. The molecule has 26 heavy (non-hydrogen) atoms. The Balaban J connectivity index is 3.34. The van der Waals surface area contributed by atoms with Crippen molar-refractivity contribution in [1.82, 2.24) is 9.44 Å². The van der Waals surface area contributed by atoms with Crippen LogP contribution in [0.1, 0.15) is 25.8 Å². The number of hydrogen-bond acceptors (Lipinski definition) is 5. The fraction of sp³-hybridized carbons (Fsp3) is 0.353. The SMILES string of the molecule is C=C(NS(=O)(=O)NCCC)/C(=C(\N=C/C)OCCO)c1ccc(Br)cc1. The summed E-state index contributed by atoms with van der Waals surface area (Å²) in [6.07, 6.45) is 2.18. The summed E-state index contributed by atoms with van der Waals surface area (Å²) in [7, 11) is -3.77. The average molecular weight is 446 g/mol. The monoisotopic (exact) mass is 445 g/mol. The summed E-state index contributed by atoms with van der Waals surface area (Å²) in [5.74, 6) is 0.159. The van der Waals surface area contributed by atoms with E-state index in [2.05, 4.69) is 36.9 Å². The summed E-state index contributed by atoms with van der Waals surface area (Å²) >= 11 is 3.36. The topological polar surface area (TPSA) is 100 Å². The van der Waals surface area contributed by atoms with Gasteiger partial charge in [-0.3, -0.25) is 4.72 Å². The van der Waals surface area contributed by atoms with Crippen molar-refractivity contribution in [1.29, 1.82) is 0 Å². The zero-order valence-electron chi connectivity index (χ0n) is 14.8. The lowest BCUT2D eigenvalue weighted by atomic mass is 10.0. The second-order valence-corrected chi connectivity index (χ2v) is 7.54. The van der Waals surface area contributed by atoms with Crippen LogP contribution in [0.2, 0.25) is 0 Å². The molecular weight excluding hydrogens is 422 g/mol. The molecule has 1 aromatic rings. The van der Waals surface area contributed by atoms with E-state index >= 15 is 0 Å². The van der Waals surface area contributed by atoms with Gasteiger partial charge >= 0.3 is 0 Å². The van der Waals surface area contributed by atoms with Gasteiger partial charge in [0.15, 0.2) is 0 Å². The predicted octanol–water partition coefficient (Wildman–Crippen LogP) is 2.57. The van der Waals surface area contributed by atoms with Gasteiger partial charge in [-0.25, -0.2) is 4.99 Å². The van der Waals surface area contributed by atoms with Crippen molar-refractivity contribution in [2.24, 2.45) is 4.99 Å². The third-order valence-electron chi connectivity index (χ3n) is 3.02. The van der Waals surface area contributed by atoms with Crippen molar-refractivity contribution < 1.29 is 18.3 Å². The lowest BCUT2D eigenvalue weighted by Crippen LogP contribution is -2.36. The second kappa shape index (κ2) is 11.1. The average Bonchev–Trinajstić information content (AvgIpc) is 2.59. The van der Waals surface area contributed by atoms with Crippen LogP contribution in [0.15, 0.2) is 51.9 Å². The number of nitrogens with zero attached hydrogens (tertiary/aromatic N) is 1. The van der Waals surface area contributed by atoms with Gasteiger partial charge in [-0.05, 0) is 31.0 Å². The number of rotatable bonds is 11. The Morgan fingerprint density at radius 2 is 2.04 bits per heavy atom. The van der Waals surface area contributed by atoms with Crippen molar-refractivity contribution in [3.05, 3.63) is 52.5 Å². The molecular formula is C17H24BrN3O4S. The van der Waals surface area contributed by atoms with Crippen molar-refractivity contribution >= 4 is 37.9 Å². The molecule has 0 saturated carbocycles. The Kier molecular flexibility index (Phi) is 9.57. The molecule has 0 saturated heterocycles. The number of nitrogens with one attached hydrogen (secondary N) is 2. The molecule has 0 aliphatic carbocycles. The number of benzene rings is 1. The molecule has 0 radical (unpaired) electrons. The zero-order valence-corrected chi connectivity index (χ0v) is 17.2. The number of aliphatic hydroxyl groups is 1. The zero-order chi connectivity index (χ0) is 19.6. The number of allylic oxidation sites excluding steroid dienone is 1. The Hall–Kier alpha value is -1.68. The standard InChI is InChI=1S/C17H24BrN3O4S/c1-4-10-20-26(23,24)21-13(3)16(14-6-8-15(18)9-7-14)17(19-5-2)25-12-11-22/h5-9,20-22H,3-4,10-12H2,1-2H3/b17-16-,19-5-. The fourth-order valence-electron chi connectivity index (χ4n) is 1.96. The molecule has 3 N–H and O–H groups in total. The predicted molar refractivity (Wildman–Crippen MR) is 108 cm³/mol. The number of hydrogen-bond donors (Lipinski definition) is 3. The third-order valence-corrected chi connectivity index (χ3v) is 4.65.